The Morgan fingerprint density at radius 3 is 3.00 bits per heavy atom. The van der Waals surface area contributed by atoms with Gasteiger partial charge in [-0.1, -0.05) is 0 Å². The van der Waals surface area contributed by atoms with Gasteiger partial charge < -0.3 is 14.7 Å². The molecule has 1 atom stereocenters. The van der Waals surface area contributed by atoms with Crippen LogP contribution in [0.25, 0.3) is 0 Å². The number of aromatic hydroxyl groups is 1. The third kappa shape index (κ3) is 2.56. The Bertz CT molecular complexity index is 450. The predicted octanol–water partition coefficient (Wildman–Crippen LogP) is 1.98. The van der Waals surface area contributed by atoms with Crippen LogP contribution in [0.1, 0.15) is 17.3 Å². The molecule has 0 radical (unpaired) electrons. The van der Waals surface area contributed by atoms with Crippen LogP contribution in [0.2, 0.25) is 0 Å². The largest absolute Gasteiger partial charge is 0.507 e. The Morgan fingerprint density at radius 2 is 2.33 bits per heavy atom. The number of phenols is 1. The molecule has 1 aliphatic rings. The SMILES string of the molecule is COc1ccc(O)c(C(=O)N2CCSCC2C)c1. The molecule has 98 valence electrons. The lowest BCUT2D eigenvalue weighted by Crippen LogP contribution is -2.44. The smallest absolute Gasteiger partial charge is 0.258 e. The third-order valence-corrected chi connectivity index (χ3v) is 4.25. The van der Waals surface area contributed by atoms with Crippen molar-refractivity contribution in [3.05, 3.63) is 23.8 Å². The summed E-state index contributed by atoms with van der Waals surface area (Å²) in [6.45, 7) is 2.75. The Labute approximate surface area is 111 Å². The minimum atomic E-state index is -0.126. The minimum absolute atomic E-state index is 0.00577. The molecule has 1 saturated heterocycles. The molecule has 0 aliphatic carbocycles. The summed E-state index contributed by atoms with van der Waals surface area (Å²) in [6, 6.07) is 4.92. The zero-order valence-corrected chi connectivity index (χ0v) is 11.4. The van der Waals surface area contributed by atoms with Crippen molar-refractivity contribution in [2.45, 2.75) is 13.0 Å². The van der Waals surface area contributed by atoms with Gasteiger partial charge in [0.25, 0.3) is 5.91 Å². The molecule has 1 fully saturated rings. The van der Waals surface area contributed by atoms with E-state index in [1.165, 1.54) is 6.07 Å². The normalized spacial score (nSPS) is 19.7. The summed E-state index contributed by atoms with van der Waals surface area (Å²) in [4.78, 5) is 14.2. The Morgan fingerprint density at radius 1 is 1.56 bits per heavy atom. The van der Waals surface area contributed by atoms with Gasteiger partial charge in [-0.3, -0.25) is 4.79 Å². The number of hydrogen-bond acceptors (Lipinski definition) is 4. The van der Waals surface area contributed by atoms with Crippen LogP contribution < -0.4 is 4.74 Å². The lowest BCUT2D eigenvalue weighted by Gasteiger charge is -2.33. The first-order valence-corrected chi connectivity index (χ1v) is 7.04. The fourth-order valence-electron chi connectivity index (χ4n) is 2.00. The molecule has 1 amide bonds. The number of ether oxygens (including phenoxy) is 1. The van der Waals surface area contributed by atoms with Crippen molar-refractivity contribution in [1.29, 1.82) is 0 Å². The molecule has 0 aromatic heterocycles. The molecule has 1 heterocycles. The Balaban J connectivity index is 2.27. The predicted molar refractivity (Wildman–Crippen MR) is 72.5 cm³/mol. The number of benzene rings is 1. The number of carbonyl (C=O) groups excluding carboxylic acids is 1. The zero-order chi connectivity index (χ0) is 13.1. The first-order valence-electron chi connectivity index (χ1n) is 5.89. The summed E-state index contributed by atoms with van der Waals surface area (Å²) in [6.07, 6.45) is 0. The van der Waals surface area contributed by atoms with Crippen LogP contribution in [0, 0.1) is 0 Å². The van der Waals surface area contributed by atoms with E-state index in [9.17, 15) is 9.90 Å². The van der Waals surface area contributed by atoms with Gasteiger partial charge >= 0.3 is 0 Å². The highest BCUT2D eigenvalue weighted by Gasteiger charge is 2.26. The van der Waals surface area contributed by atoms with Gasteiger partial charge in [-0.2, -0.15) is 11.8 Å². The van der Waals surface area contributed by atoms with Gasteiger partial charge in [0.2, 0.25) is 0 Å². The van der Waals surface area contributed by atoms with Crippen LogP contribution in [0.4, 0.5) is 0 Å². The quantitative estimate of drug-likeness (QED) is 0.890. The number of rotatable bonds is 2. The first-order chi connectivity index (χ1) is 8.63. The highest BCUT2D eigenvalue weighted by atomic mass is 32.2. The van der Waals surface area contributed by atoms with Gasteiger partial charge in [-0.15, -0.1) is 0 Å². The van der Waals surface area contributed by atoms with Crippen molar-refractivity contribution in [2.24, 2.45) is 0 Å². The number of hydrogen-bond donors (Lipinski definition) is 1. The van der Waals surface area contributed by atoms with E-state index in [4.69, 9.17) is 4.74 Å². The van der Waals surface area contributed by atoms with Crippen LogP contribution in [0.3, 0.4) is 0 Å². The van der Waals surface area contributed by atoms with Crippen molar-refractivity contribution < 1.29 is 14.6 Å². The van der Waals surface area contributed by atoms with Gasteiger partial charge in [0.05, 0.1) is 12.7 Å². The number of thioether (sulfide) groups is 1. The molecule has 1 aliphatic heterocycles. The number of amides is 1. The number of nitrogens with zero attached hydrogens (tertiary/aromatic N) is 1. The summed E-state index contributed by atoms with van der Waals surface area (Å²) >= 11 is 1.85. The van der Waals surface area contributed by atoms with Crippen LogP contribution in [0.5, 0.6) is 11.5 Å². The Hall–Kier alpha value is -1.36. The topological polar surface area (TPSA) is 49.8 Å². The standard InChI is InChI=1S/C13H17NO3S/c1-9-8-18-6-5-14(9)13(16)11-7-10(17-2)3-4-12(11)15/h3-4,7,9,15H,5-6,8H2,1-2H3. The lowest BCUT2D eigenvalue weighted by atomic mass is 10.1. The van der Waals surface area contributed by atoms with Crippen molar-refractivity contribution in [3.63, 3.8) is 0 Å². The number of methoxy groups -OCH3 is 1. The molecule has 1 aromatic rings. The van der Waals surface area contributed by atoms with Crippen LogP contribution in [0.15, 0.2) is 18.2 Å². The highest BCUT2D eigenvalue weighted by molar-refractivity contribution is 7.99. The van der Waals surface area contributed by atoms with Crippen molar-refractivity contribution in [2.75, 3.05) is 25.2 Å². The van der Waals surface area contributed by atoms with Crippen molar-refractivity contribution in [1.82, 2.24) is 4.90 Å². The number of carbonyl (C=O) groups is 1. The van der Waals surface area contributed by atoms with E-state index in [1.807, 2.05) is 23.6 Å². The molecule has 1 aromatic carbocycles. The van der Waals surface area contributed by atoms with Gasteiger partial charge in [-0.25, -0.2) is 0 Å². The van der Waals surface area contributed by atoms with E-state index >= 15 is 0 Å². The molecule has 1 unspecified atom stereocenters. The second-order valence-electron chi connectivity index (χ2n) is 4.31. The second kappa shape index (κ2) is 5.52. The molecule has 5 heteroatoms. The Kier molecular flexibility index (Phi) is 4.01. The van der Waals surface area contributed by atoms with E-state index < -0.39 is 0 Å². The van der Waals surface area contributed by atoms with Crippen LogP contribution >= 0.6 is 11.8 Å². The maximum Gasteiger partial charge on any atom is 0.258 e. The summed E-state index contributed by atoms with van der Waals surface area (Å²) in [7, 11) is 1.54. The summed E-state index contributed by atoms with van der Waals surface area (Å²) < 4.78 is 5.09. The van der Waals surface area contributed by atoms with E-state index in [0.29, 0.717) is 11.3 Å². The first kappa shape index (κ1) is 13.1. The second-order valence-corrected chi connectivity index (χ2v) is 5.46. The maximum atomic E-state index is 12.4. The maximum absolute atomic E-state index is 12.4. The van der Waals surface area contributed by atoms with Gasteiger partial charge in [0.15, 0.2) is 0 Å². The minimum Gasteiger partial charge on any atom is -0.507 e. The third-order valence-electron chi connectivity index (χ3n) is 3.06. The van der Waals surface area contributed by atoms with Crippen LogP contribution in [-0.4, -0.2) is 47.1 Å². The highest BCUT2D eigenvalue weighted by Crippen LogP contribution is 2.26. The van der Waals surface area contributed by atoms with Gasteiger partial charge in [0.1, 0.15) is 11.5 Å². The molecule has 2 rings (SSSR count). The van der Waals surface area contributed by atoms with E-state index in [-0.39, 0.29) is 17.7 Å². The van der Waals surface area contributed by atoms with Crippen LogP contribution in [-0.2, 0) is 0 Å². The summed E-state index contributed by atoms with van der Waals surface area (Å²) in [5, 5.41) is 9.81. The number of phenolic OH excluding ortho intramolecular Hbond substituents is 1. The summed E-state index contributed by atoms with van der Waals surface area (Å²) in [5.74, 6) is 2.35. The zero-order valence-electron chi connectivity index (χ0n) is 10.5. The van der Waals surface area contributed by atoms with Crippen molar-refractivity contribution >= 4 is 17.7 Å². The fourth-order valence-corrected chi connectivity index (χ4v) is 3.01. The van der Waals surface area contributed by atoms with E-state index in [2.05, 4.69) is 0 Å². The molecule has 0 bridgehead atoms. The summed E-state index contributed by atoms with van der Waals surface area (Å²) in [5.41, 5.74) is 0.313. The van der Waals surface area contributed by atoms with Gasteiger partial charge in [-0.05, 0) is 25.1 Å². The lowest BCUT2D eigenvalue weighted by molar-refractivity contribution is 0.0712. The molecular formula is C13H17NO3S. The van der Waals surface area contributed by atoms with E-state index in [0.717, 1.165) is 18.1 Å². The average Bonchev–Trinajstić information content (AvgIpc) is 2.39. The van der Waals surface area contributed by atoms with E-state index in [1.54, 1.807) is 19.2 Å². The molecule has 18 heavy (non-hydrogen) atoms. The molecule has 1 N–H and O–H groups in total. The van der Waals surface area contributed by atoms with Gasteiger partial charge in [0, 0.05) is 24.1 Å². The molecule has 0 spiro atoms. The monoisotopic (exact) mass is 267 g/mol. The molecular weight excluding hydrogens is 250 g/mol. The molecule has 4 nitrogen and oxygen atoms in total. The van der Waals surface area contributed by atoms with Crippen molar-refractivity contribution in [3.8, 4) is 11.5 Å². The average molecular weight is 267 g/mol. The molecule has 0 saturated carbocycles. The fraction of sp³-hybridized carbons (Fsp3) is 0.462.